The fourth-order valence-corrected chi connectivity index (χ4v) is 10.7. The number of hydrogen-bond acceptors (Lipinski definition) is 3. The maximum atomic E-state index is 8.79. The fourth-order valence-electron chi connectivity index (χ4n) is 7.23. The Kier molecular flexibility index (Phi) is 11.3. The largest absolute Gasteiger partial charge is 0.305 e. The van der Waals surface area contributed by atoms with Crippen LogP contribution in [0.1, 0.15) is 38.8 Å². The van der Waals surface area contributed by atoms with Crippen molar-refractivity contribution in [3.8, 4) is 55.9 Å². The Morgan fingerprint density at radius 1 is 0.650 bits per heavy atom. The topological polar surface area (TPSA) is 25.8 Å². The standard InChI is InChI=1S/C34H28NS.C21H22GeN.Ir/c1-34(2,3)22-23-17-18-35-31(19-23)28-16-10-15-27-30-21-26(24-11-6-4-7-12-24)20-29(33(30)36-32(27)28)25-13-8-5-9-14-25;1-16-10-11-18(14-20(16)17-8-6-5-7-9-17)21-13-12-19(15-23-21)22(2,3)4;/h4-15,17-21H,22H2,1-3H3;5-10,12-15H,1-4H3;/q2*-1;/i22D2;1D3;. The molecule has 0 unspecified atom stereocenters. The SMILES string of the molecule is [2H]C([2H])([2H])c1c[c-]c(-c2cc[c]([Ge]([CH3])([CH3])[CH3])cn2)cc1-c1ccccc1.[2H]C([2H])(c1ccnc(-c2[c-]ccc3c2sc2c(-c4ccccc4)cc(-c4ccccc4)cc23)c1)C(C)(C)C.[Ir]. The van der Waals surface area contributed by atoms with E-state index >= 15 is 0 Å². The molecule has 0 fully saturated rings. The second kappa shape index (κ2) is 18.3. The Hall–Kier alpha value is -4.97. The number of pyridine rings is 2. The summed E-state index contributed by atoms with van der Waals surface area (Å²) < 4.78 is 44.8. The molecular weight excluding hydrogens is 986 g/mol. The number of hydrogen-bond donors (Lipinski definition) is 0. The molecule has 0 amide bonds. The zero-order chi connectivity index (χ0) is 45.4. The first kappa shape index (κ1) is 36.8. The van der Waals surface area contributed by atoms with E-state index in [0.717, 1.165) is 32.8 Å². The second-order valence-corrected chi connectivity index (χ2v) is 28.5. The van der Waals surface area contributed by atoms with E-state index in [1.54, 1.807) is 29.7 Å². The third-order valence-corrected chi connectivity index (χ3v) is 15.7. The molecule has 0 spiro atoms. The Bertz CT molecular complexity index is 3070. The number of aryl methyl sites for hydroxylation is 1. The Balaban J connectivity index is 0.000000205. The van der Waals surface area contributed by atoms with E-state index in [1.807, 2.05) is 87.6 Å². The molecule has 0 bridgehead atoms. The number of fused-ring (bicyclic) bond motifs is 3. The molecule has 2 nitrogen and oxygen atoms in total. The molecule has 3 aromatic heterocycles. The van der Waals surface area contributed by atoms with Crippen molar-refractivity contribution in [2.75, 3.05) is 0 Å². The first-order valence-electron chi connectivity index (χ1n) is 22.5. The van der Waals surface area contributed by atoms with Gasteiger partial charge in [-0.05, 0) is 68.0 Å². The third kappa shape index (κ3) is 9.80. The summed E-state index contributed by atoms with van der Waals surface area (Å²) in [6, 6.07) is 57.3. The zero-order valence-electron chi connectivity index (χ0n) is 39.7. The van der Waals surface area contributed by atoms with Gasteiger partial charge in [-0.25, -0.2) is 0 Å². The summed E-state index contributed by atoms with van der Waals surface area (Å²) in [5.74, 6) is 7.00. The molecule has 9 aromatic rings. The average Bonchev–Trinajstić information content (AvgIpc) is 3.68. The van der Waals surface area contributed by atoms with Crippen LogP contribution in [-0.4, -0.2) is 23.2 Å². The number of aromatic nitrogens is 2. The van der Waals surface area contributed by atoms with Crippen LogP contribution >= 0.6 is 11.3 Å². The number of rotatable bonds is 7. The van der Waals surface area contributed by atoms with Crippen molar-refractivity contribution in [2.24, 2.45) is 5.41 Å². The van der Waals surface area contributed by atoms with Crippen LogP contribution in [0.2, 0.25) is 17.3 Å². The normalized spacial score (nSPS) is 13.2. The van der Waals surface area contributed by atoms with E-state index in [9.17, 15) is 0 Å². The number of nitrogens with zero attached hydrogens (tertiary/aromatic N) is 2. The molecule has 6 aromatic carbocycles. The minimum Gasteiger partial charge on any atom is -0.305 e. The van der Waals surface area contributed by atoms with Gasteiger partial charge in [0.05, 0.1) is 0 Å². The van der Waals surface area contributed by atoms with Gasteiger partial charge in [-0.2, -0.15) is 11.3 Å². The molecule has 0 aliphatic rings. The molecule has 60 heavy (non-hydrogen) atoms. The van der Waals surface area contributed by atoms with Crippen LogP contribution in [0.5, 0.6) is 0 Å². The van der Waals surface area contributed by atoms with Gasteiger partial charge in [0.2, 0.25) is 0 Å². The van der Waals surface area contributed by atoms with E-state index < -0.39 is 31.9 Å². The van der Waals surface area contributed by atoms with Crippen molar-refractivity contribution in [2.45, 2.75) is 51.3 Å². The van der Waals surface area contributed by atoms with Gasteiger partial charge in [-0.1, -0.05) is 98.5 Å². The maximum Gasteiger partial charge on any atom is 0.0321 e. The predicted octanol–water partition coefficient (Wildman–Crippen LogP) is 14.9. The van der Waals surface area contributed by atoms with Crippen molar-refractivity contribution >= 4 is 49.2 Å². The molecule has 9 rings (SSSR count). The van der Waals surface area contributed by atoms with E-state index in [1.165, 1.54) is 42.1 Å². The average molecular weight is 1040 g/mol. The van der Waals surface area contributed by atoms with Crippen LogP contribution in [0.3, 0.4) is 0 Å². The minimum atomic E-state index is -2.18. The summed E-state index contributed by atoms with van der Waals surface area (Å²) in [5, 5.41) is 2.38. The van der Waals surface area contributed by atoms with E-state index in [0.29, 0.717) is 16.7 Å². The molecule has 0 N–H and O–H groups in total. The van der Waals surface area contributed by atoms with E-state index in [2.05, 4.69) is 118 Å². The van der Waals surface area contributed by atoms with Crippen LogP contribution in [0, 0.1) is 24.4 Å². The zero-order valence-corrected chi connectivity index (χ0v) is 40.0. The summed E-state index contributed by atoms with van der Waals surface area (Å²) in [6.45, 7) is 3.61. The summed E-state index contributed by atoms with van der Waals surface area (Å²) in [4.78, 5) is 9.30. The molecule has 301 valence electrons. The number of benzene rings is 6. The quantitative estimate of drug-likeness (QED) is 0.117. The van der Waals surface area contributed by atoms with Gasteiger partial charge in [0, 0.05) is 33.7 Å². The Morgan fingerprint density at radius 3 is 1.93 bits per heavy atom. The van der Waals surface area contributed by atoms with Crippen LogP contribution < -0.4 is 4.40 Å². The third-order valence-electron chi connectivity index (χ3n) is 10.2. The van der Waals surface area contributed by atoms with Gasteiger partial charge < -0.3 is 4.98 Å². The van der Waals surface area contributed by atoms with E-state index in [-0.39, 0.29) is 20.1 Å². The molecule has 1 radical (unpaired) electrons. The smallest absolute Gasteiger partial charge is 0.0321 e. The first-order valence-corrected chi connectivity index (χ1v) is 28.1. The van der Waals surface area contributed by atoms with Crippen molar-refractivity contribution in [1.29, 1.82) is 0 Å². The van der Waals surface area contributed by atoms with Gasteiger partial charge >= 0.3 is 146 Å². The van der Waals surface area contributed by atoms with Crippen molar-refractivity contribution in [1.82, 2.24) is 9.97 Å². The molecule has 0 aliphatic heterocycles. The van der Waals surface area contributed by atoms with Crippen molar-refractivity contribution in [3.05, 3.63) is 187 Å². The van der Waals surface area contributed by atoms with Gasteiger partial charge in [-0.3, -0.25) is 0 Å². The summed E-state index contributed by atoms with van der Waals surface area (Å²) >= 11 is -0.143. The van der Waals surface area contributed by atoms with Gasteiger partial charge in [0.1, 0.15) is 0 Å². The first-order chi connectivity index (χ1) is 30.4. The van der Waals surface area contributed by atoms with Crippen LogP contribution in [0.15, 0.2) is 164 Å². The maximum absolute atomic E-state index is 8.79. The molecule has 3 heterocycles. The van der Waals surface area contributed by atoms with Gasteiger partial charge in [0.15, 0.2) is 0 Å². The van der Waals surface area contributed by atoms with Crippen LogP contribution in [-0.2, 0) is 26.5 Å². The Morgan fingerprint density at radius 2 is 1.32 bits per heavy atom. The summed E-state index contributed by atoms with van der Waals surface area (Å²) in [7, 11) is 0. The minimum absolute atomic E-state index is 0. The Labute approximate surface area is 383 Å². The molecular formula is C55H50GeIrN2S-2. The van der Waals surface area contributed by atoms with E-state index in [4.69, 9.17) is 6.85 Å². The fraction of sp³-hybridized carbons (Fsp3) is 0.164. The molecule has 0 saturated carbocycles. The molecule has 0 aliphatic carbocycles. The van der Waals surface area contributed by atoms with Crippen LogP contribution in [0.4, 0.5) is 0 Å². The number of thiophene rings is 1. The summed E-state index contributed by atoms with van der Waals surface area (Å²) in [6.07, 6.45) is 2.18. The monoisotopic (exact) mass is 1040 g/mol. The van der Waals surface area contributed by atoms with Crippen molar-refractivity contribution < 1.29 is 27.0 Å². The van der Waals surface area contributed by atoms with Gasteiger partial charge in [-0.15, -0.1) is 23.8 Å². The van der Waals surface area contributed by atoms with Crippen molar-refractivity contribution in [3.63, 3.8) is 0 Å². The predicted molar refractivity (Wildman–Crippen MR) is 257 cm³/mol. The molecule has 5 heteroatoms. The molecule has 0 atom stereocenters. The van der Waals surface area contributed by atoms with Crippen LogP contribution in [0.25, 0.3) is 76.1 Å². The second-order valence-electron chi connectivity index (χ2n) is 16.9. The van der Waals surface area contributed by atoms with Gasteiger partial charge in [0.25, 0.3) is 0 Å². The summed E-state index contributed by atoms with van der Waals surface area (Å²) in [5.41, 5.74) is 10.0. The molecule has 0 saturated heterocycles.